The summed E-state index contributed by atoms with van der Waals surface area (Å²) in [4.78, 5) is 10.9. The molecule has 0 spiro atoms. The molecule has 0 unspecified atom stereocenters. The highest BCUT2D eigenvalue weighted by Gasteiger charge is 1.98. The summed E-state index contributed by atoms with van der Waals surface area (Å²) in [5, 5.41) is 2.22. The van der Waals surface area contributed by atoms with Crippen molar-refractivity contribution in [1.82, 2.24) is 0 Å². The zero-order chi connectivity index (χ0) is 17.8. The van der Waals surface area contributed by atoms with Gasteiger partial charge in [-0.2, -0.15) is 0 Å². The van der Waals surface area contributed by atoms with Gasteiger partial charge in [-0.1, -0.05) is 91.0 Å². The molecule has 0 saturated carbocycles. The van der Waals surface area contributed by atoms with E-state index in [9.17, 15) is 4.79 Å². The molecule has 4 aromatic rings. The Morgan fingerprint density at radius 1 is 0.500 bits per heavy atom. The van der Waals surface area contributed by atoms with Crippen LogP contribution >= 0.6 is 0 Å². The number of hydrogen-bond donors (Lipinski definition) is 0. The van der Waals surface area contributed by atoms with E-state index in [0.717, 1.165) is 22.6 Å². The van der Waals surface area contributed by atoms with Gasteiger partial charge in [-0.15, -0.1) is 0 Å². The van der Waals surface area contributed by atoms with Gasteiger partial charge in [-0.05, 0) is 45.2 Å². The second kappa shape index (κ2) is 7.20. The van der Waals surface area contributed by atoms with Gasteiger partial charge in [-0.25, -0.2) is 0 Å². The third kappa shape index (κ3) is 3.47. The molecular weight excluding hydrogens is 316 g/mol. The van der Waals surface area contributed by atoms with Crippen molar-refractivity contribution in [1.29, 1.82) is 0 Å². The molecule has 0 N–H and O–H groups in total. The maximum absolute atomic E-state index is 10.9. The molecule has 0 atom stereocenters. The summed E-state index contributed by atoms with van der Waals surface area (Å²) < 4.78 is 0. The second-order valence-corrected chi connectivity index (χ2v) is 6.31. The molecule has 0 heterocycles. The Labute approximate surface area is 153 Å². The lowest BCUT2D eigenvalue weighted by Crippen LogP contribution is -1.81. The topological polar surface area (TPSA) is 17.1 Å². The van der Waals surface area contributed by atoms with Crippen molar-refractivity contribution in [2.75, 3.05) is 0 Å². The van der Waals surface area contributed by atoms with Crippen molar-refractivity contribution >= 4 is 29.2 Å². The van der Waals surface area contributed by atoms with Crippen molar-refractivity contribution < 1.29 is 4.79 Å². The average Bonchev–Trinajstić information content (AvgIpc) is 2.72. The third-order valence-electron chi connectivity index (χ3n) is 4.51. The summed E-state index contributed by atoms with van der Waals surface area (Å²) in [6.07, 6.45) is 5.12. The van der Waals surface area contributed by atoms with Crippen LogP contribution < -0.4 is 0 Å². The number of benzene rings is 4. The van der Waals surface area contributed by atoms with Gasteiger partial charge in [-0.3, -0.25) is 4.79 Å². The quantitative estimate of drug-likeness (QED) is 0.308. The zero-order valence-electron chi connectivity index (χ0n) is 14.3. The smallest absolute Gasteiger partial charge is 0.150 e. The van der Waals surface area contributed by atoms with Gasteiger partial charge < -0.3 is 0 Å². The van der Waals surface area contributed by atoms with Crippen molar-refractivity contribution in [3.8, 4) is 11.1 Å². The summed E-state index contributed by atoms with van der Waals surface area (Å²) >= 11 is 0. The van der Waals surface area contributed by atoms with Crippen LogP contribution in [-0.4, -0.2) is 6.29 Å². The zero-order valence-corrected chi connectivity index (χ0v) is 14.3. The van der Waals surface area contributed by atoms with Gasteiger partial charge in [0.25, 0.3) is 0 Å². The molecule has 0 amide bonds. The standard InChI is InChI=1S/C25H18O/c26-18-21-11-15-24-16-20(10-14-25(24)17-21)7-6-19-8-12-23(13-9-19)22-4-2-1-3-5-22/h1-18H. The van der Waals surface area contributed by atoms with Crippen LogP contribution in [0.25, 0.3) is 34.1 Å². The van der Waals surface area contributed by atoms with Crippen LogP contribution in [0.5, 0.6) is 0 Å². The molecule has 4 aromatic carbocycles. The lowest BCUT2D eigenvalue weighted by atomic mass is 10.0. The minimum atomic E-state index is 0.708. The molecule has 0 aliphatic rings. The fourth-order valence-corrected chi connectivity index (χ4v) is 3.07. The van der Waals surface area contributed by atoms with E-state index in [1.807, 2.05) is 24.3 Å². The fourth-order valence-electron chi connectivity index (χ4n) is 3.07. The van der Waals surface area contributed by atoms with E-state index in [1.54, 1.807) is 0 Å². The monoisotopic (exact) mass is 334 g/mol. The van der Waals surface area contributed by atoms with E-state index in [4.69, 9.17) is 0 Å². The highest BCUT2D eigenvalue weighted by Crippen LogP contribution is 2.21. The summed E-state index contributed by atoms with van der Waals surface area (Å²) in [6.45, 7) is 0. The molecule has 1 nitrogen and oxygen atoms in total. The van der Waals surface area contributed by atoms with Gasteiger partial charge in [0, 0.05) is 5.56 Å². The highest BCUT2D eigenvalue weighted by atomic mass is 16.1. The number of carbonyl (C=O) groups excluding carboxylic acids is 1. The largest absolute Gasteiger partial charge is 0.298 e. The van der Waals surface area contributed by atoms with Crippen LogP contribution in [0, 0.1) is 0 Å². The highest BCUT2D eigenvalue weighted by molar-refractivity contribution is 5.90. The van der Waals surface area contributed by atoms with Crippen LogP contribution in [0.3, 0.4) is 0 Å². The summed E-state index contributed by atoms with van der Waals surface area (Å²) in [5.74, 6) is 0. The predicted octanol–water partition coefficient (Wildman–Crippen LogP) is 6.49. The average molecular weight is 334 g/mol. The Morgan fingerprint density at radius 3 is 1.73 bits per heavy atom. The van der Waals surface area contributed by atoms with Gasteiger partial charge in [0.1, 0.15) is 6.29 Å². The first-order valence-electron chi connectivity index (χ1n) is 8.64. The fraction of sp³-hybridized carbons (Fsp3) is 0. The van der Waals surface area contributed by atoms with Crippen LogP contribution in [0.15, 0.2) is 91.0 Å². The minimum absolute atomic E-state index is 0.708. The van der Waals surface area contributed by atoms with Crippen LogP contribution in [0.4, 0.5) is 0 Å². The van der Waals surface area contributed by atoms with Crippen molar-refractivity contribution in [2.45, 2.75) is 0 Å². The van der Waals surface area contributed by atoms with E-state index >= 15 is 0 Å². The molecule has 124 valence electrons. The Bertz CT molecular complexity index is 1070. The van der Waals surface area contributed by atoms with E-state index in [2.05, 4.69) is 78.9 Å². The van der Waals surface area contributed by atoms with Gasteiger partial charge >= 0.3 is 0 Å². The van der Waals surface area contributed by atoms with Gasteiger partial charge in [0.2, 0.25) is 0 Å². The number of carbonyl (C=O) groups is 1. The van der Waals surface area contributed by atoms with Gasteiger partial charge in [0.05, 0.1) is 0 Å². The lowest BCUT2D eigenvalue weighted by Gasteiger charge is -2.03. The van der Waals surface area contributed by atoms with Crippen molar-refractivity contribution in [2.24, 2.45) is 0 Å². The first kappa shape index (κ1) is 16.0. The van der Waals surface area contributed by atoms with Crippen molar-refractivity contribution in [3.05, 3.63) is 108 Å². The Morgan fingerprint density at radius 2 is 1.04 bits per heavy atom. The molecule has 26 heavy (non-hydrogen) atoms. The van der Waals surface area contributed by atoms with Crippen molar-refractivity contribution in [3.63, 3.8) is 0 Å². The molecular formula is C25H18O. The third-order valence-corrected chi connectivity index (χ3v) is 4.51. The maximum Gasteiger partial charge on any atom is 0.150 e. The van der Waals surface area contributed by atoms with E-state index in [1.165, 1.54) is 16.7 Å². The summed E-state index contributed by atoms with van der Waals surface area (Å²) in [6, 6.07) is 31.0. The predicted molar refractivity (Wildman–Crippen MR) is 110 cm³/mol. The summed E-state index contributed by atoms with van der Waals surface area (Å²) in [7, 11) is 0. The number of hydrogen-bond acceptors (Lipinski definition) is 1. The molecule has 0 radical (unpaired) electrons. The molecule has 4 rings (SSSR count). The van der Waals surface area contributed by atoms with E-state index in [0.29, 0.717) is 5.56 Å². The minimum Gasteiger partial charge on any atom is -0.298 e. The summed E-state index contributed by atoms with van der Waals surface area (Å²) in [5.41, 5.74) is 5.47. The second-order valence-electron chi connectivity index (χ2n) is 6.31. The molecule has 0 bridgehead atoms. The van der Waals surface area contributed by atoms with Crippen LogP contribution in [0.2, 0.25) is 0 Å². The molecule has 0 aliphatic heterocycles. The Hall–Kier alpha value is -3.45. The van der Waals surface area contributed by atoms with E-state index < -0.39 is 0 Å². The van der Waals surface area contributed by atoms with E-state index in [-0.39, 0.29) is 0 Å². The molecule has 0 saturated heterocycles. The number of fused-ring (bicyclic) bond motifs is 1. The lowest BCUT2D eigenvalue weighted by molar-refractivity contribution is 0.112. The Balaban J connectivity index is 1.56. The van der Waals surface area contributed by atoms with Gasteiger partial charge in [0.15, 0.2) is 0 Å². The van der Waals surface area contributed by atoms with Crippen LogP contribution in [-0.2, 0) is 0 Å². The normalized spacial score (nSPS) is 11.1. The molecule has 0 fully saturated rings. The van der Waals surface area contributed by atoms with Crippen LogP contribution in [0.1, 0.15) is 21.5 Å². The Kier molecular flexibility index (Phi) is 4.44. The first-order valence-corrected chi connectivity index (χ1v) is 8.64. The molecule has 0 aliphatic carbocycles. The first-order chi connectivity index (χ1) is 12.8. The molecule has 0 aromatic heterocycles. The number of aldehydes is 1. The number of rotatable bonds is 4. The maximum atomic E-state index is 10.9. The SMILES string of the molecule is O=Cc1ccc2cc(C=Cc3ccc(-c4ccccc4)cc3)ccc2c1. The molecule has 1 heteroatoms.